The number of hydrogen-bond donors (Lipinski definition) is 1. The quantitative estimate of drug-likeness (QED) is 0.243. The number of carbonyl (C=O) groups is 4. The van der Waals surface area contributed by atoms with Crippen LogP contribution in [-0.2, 0) is 16.1 Å². The lowest BCUT2D eigenvalue weighted by molar-refractivity contribution is -0.122. The molecule has 9 heteroatoms. The summed E-state index contributed by atoms with van der Waals surface area (Å²) < 4.78 is 5.45. The third-order valence-electron chi connectivity index (χ3n) is 6.28. The molecule has 2 heterocycles. The zero-order valence-electron chi connectivity index (χ0n) is 20.0. The average molecular weight is 512 g/mol. The molecule has 3 aromatic rings. The van der Waals surface area contributed by atoms with Crippen molar-refractivity contribution in [1.29, 1.82) is 0 Å². The molecule has 37 heavy (non-hydrogen) atoms. The second-order valence-electron chi connectivity index (χ2n) is 8.56. The normalized spacial score (nSPS) is 16.4. The van der Waals surface area contributed by atoms with Gasteiger partial charge in [-0.05, 0) is 66.7 Å². The molecule has 4 amide bonds. The standard InChI is InChI=1S/C28H21N3O5S/c1-16-7-3-6-10-22(16)31-27(35)21(24(32)29-28(31)37)14-17-11-12-23(36-2)18(13-17)15-30-25(33)19-8-4-5-9-20(19)26(30)34/h3-14H,15H2,1-2H3,(H,29,32,37)/b21-14-. The summed E-state index contributed by atoms with van der Waals surface area (Å²) in [5.41, 5.74) is 3.05. The molecular weight excluding hydrogens is 490 g/mol. The fraction of sp³-hybridized carbons (Fsp3) is 0.107. The van der Waals surface area contributed by atoms with Gasteiger partial charge in [-0.3, -0.25) is 34.3 Å². The summed E-state index contributed by atoms with van der Waals surface area (Å²) >= 11 is 5.29. The van der Waals surface area contributed by atoms with Crippen molar-refractivity contribution >= 4 is 52.7 Å². The van der Waals surface area contributed by atoms with Crippen LogP contribution in [0.15, 0.2) is 72.3 Å². The lowest BCUT2D eigenvalue weighted by Crippen LogP contribution is -2.54. The molecule has 1 saturated heterocycles. The van der Waals surface area contributed by atoms with Gasteiger partial charge in [0.1, 0.15) is 11.3 Å². The van der Waals surface area contributed by atoms with Crippen molar-refractivity contribution in [3.63, 3.8) is 0 Å². The lowest BCUT2D eigenvalue weighted by Gasteiger charge is -2.30. The lowest BCUT2D eigenvalue weighted by atomic mass is 10.0. The first kappa shape index (κ1) is 24.1. The first-order valence-electron chi connectivity index (χ1n) is 11.4. The Hall–Kier alpha value is -4.63. The summed E-state index contributed by atoms with van der Waals surface area (Å²) in [5.74, 6) is -1.49. The number of benzene rings is 3. The van der Waals surface area contributed by atoms with Crippen LogP contribution in [0.1, 0.15) is 37.4 Å². The Morgan fingerprint density at radius 1 is 0.892 bits per heavy atom. The maximum Gasteiger partial charge on any atom is 0.270 e. The summed E-state index contributed by atoms with van der Waals surface area (Å²) in [4.78, 5) is 54.3. The number of fused-ring (bicyclic) bond motifs is 1. The zero-order valence-corrected chi connectivity index (χ0v) is 20.8. The van der Waals surface area contributed by atoms with Crippen LogP contribution in [0.3, 0.4) is 0 Å². The minimum atomic E-state index is -0.613. The van der Waals surface area contributed by atoms with E-state index in [1.165, 1.54) is 18.1 Å². The zero-order chi connectivity index (χ0) is 26.3. The molecule has 0 radical (unpaired) electrons. The van der Waals surface area contributed by atoms with E-state index >= 15 is 0 Å². The summed E-state index contributed by atoms with van der Waals surface area (Å²) in [7, 11) is 1.48. The van der Waals surface area contributed by atoms with Gasteiger partial charge in [0.05, 0.1) is 30.5 Å². The van der Waals surface area contributed by atoms with Crippen LogP contribution < -0.4 is 15.0 Å². The summed E-state index contributed by atoms with van der Waals surface area (Å²) in [6.07, 6.45) is 1.45. The fourth-order valence-corrected chi connectivity index (χ4v) is 4.70. The number of nitrogens with zero attached hydrogens (tertiary/aromatic N) is 2. The van der Waals surface area contributed by atoms with Gasteiger partial charge >= 0.3 is 0 Å². The van der Waals surface area contributed by atoms with Crippen molar-refractivity contribution in [2.45, 2.75) is 13.5 Å². The van der Waals surface area contributed by atoms with Gasteiger partial charge in [-0.1, -0.05) is 36.4 Å². The molecule has 0 bridgehead atoms. The van der Waals surface area contributed by atoms with Gasteiger partial charge in [0.25, 0.3) is 23.6 Å². The largest absolute Gasteiger partial charge is 0.496 e. The van der Waals surface area contributed by atoms with Gasteiger partial charge in [-0.2, -0.15) is 0 Å². The van der Waals surface area contributed by atoms with E-state index in [9.17, 15) is 19.2 Å². The van der Waals surface area contributed by atoms with Crippen molar-refractivity contribution in [1.82, 2.24) is 10.2 Å². The molecule has 5 rings (SSSR count). The number of carbonyl (C=O) groups excluding carboxylic acids is 4. The molecule has 0 unspecified atom stereocenters. The maximum absolute atomic E-state index is 13.4. The van der Waals surface area contributed by atoms with Crippen molar-refractivity contribution < 1.29 is 23.9 Å². The second-order valence-corrected chi connectivity index (χ2v) is 8.94. The van der Waals surface area contributed by atoms with Crippen molar-refractivity contribution in [3.05, 3.63) is 100 Å². The van der Waals surface area contributed by atoms with E-state index < -0.39 is 23.6 Å². The van der Waals surface area contributed by atoms with Crippen LogP contribution in [0.25, 0.3) is 6.08 Å². The highest BCUT2D eigenvalue weighted by atomic mass is 32.1. The Kier molecular flexibility index (Phi) is 6.14. The van der Waals surface area contributed by atoms with Crippen LogP contribution in [0.5, 0.6) is 5.75 Å². The SMILES string of the molecule is COc1ccc(/C=C2/C(=O)NC(=S)N(c3ccccc3C)C2=O)cc1CN1C(=O)c2ccccc2C1=O. The predicted octanol–water partition coefficient (Wildman–Crippen LogP) is 3.63. The maximum atomic E-state index is 13.4. The molecular formula is C28H21N3O5S. The number of methoxy groups -OCH3 is 1. The Balaban J connectivity index is 1.49. The first-order valence-corrected chi connectivity index (χ1v) is 11.8. The summed E-state index contributed by atoms with van der Waals surface area (Å²) in [6, 6.07) is 18.9. The monoisotopic (exact) mass is 511 g/mol. The van der Waals surface area contributed by atoms with Crippen LogP contribution >= 0.6 is 12.2 Å². The van der Waals surface area contributed by atoms with E-state index in [4.69, 9.17) is 17.0 Å². The Labute approximate surface area is 218 Å². The van der Waals surface area contributed by atoms with Gasteiger partial charge in [0.2, 0.25) is 0 Å². The number of hydrogen-bond acceptors (Lipinski definition) is 6. The number of nitrogens with one attached hydrogen (secondary N) is 1. The number of imide groups is 1. The molecule has 0 aliphatic carbocycles. The Bertz CT molecular complexity index is 1510. The average Bonchev–Trinajstić information content (AvgIpc) is 3.12. The highest BCUT2D eigenvalue weighted by Crippen LogP contribution is 2.30. The molecule has 184 valence electrons. The molecule has 0 spiro atoms. The number of anilines is 1. The van der Waals surface area contributed by atoms with E-state index in [2.05, 4.69) is 5.32 Å². The third kappa shape index (κ3) is 4.19. The van der Waals surface area contributed by atoms with Crippen molar-refractivity contribution in [2.75, 3.05) is 12.0 Å². The number of rotatable bonds is 5. The van der Waals surface area contributed by atoms with E-state index in [1.54, 1.807) is 54.6 Å². The molecule has 2 aliphatic rings. The smallest absolute Gasteiger partial charge is 0.270 e. The number of para-hydroxylation sites is 1. The Morgan fingerprint density at radius 3 is 2.19 bits per heavy atom. The second kappa shape index (κ2) is 9.44. The van der Waals surface area contributed by atoms with Crippen molar-refractivity contribution in [3.8, 4) is 5.75 Å². The summed E-state index contributed by atoms with van der Waals surface area (Å²) in [5, 5.41) is 2.58. The van der Waals surface area contributed by atoms with E-state index in [1.807, 2.05) is 19.1 Å². The number of ether oxygens (including phenoxy) is 1. The number of aryl methyl sites for hydroxylation is 1. The van der Waals surface area contributed by atoms with E-state index in [0.717, 1.165) is 10.5 Å². The number of thiocarbonyl (C=S) groups is 1. The molecule has 1 fully saturated rings. The first-order chi connectivity index (χ1) is 17.8. The van der Waals surface area contributed by atoms with Gasteiger partial charge in [0.15, 0.2) is 5.11 Å². The molecule has 2 aliphatic heterocycles. The van der Waals surface area contributed by atoms with Crippen LogP contribution in [-0.4, -0.2) is 40.8 Å². The minimum absolute atomic E-state index is 0.00231. The van der Waals surface area contributed by atoms with Gasteiger partial charge in [0, 0.05) is 5.56 Å². The van der Waals surface area contributed by atoms with Crippen LogP contribution in [0.4, 0.5) is 5.69 Å². The fourth-order valence-electron chi connectivity index (χ4n) is 4.42. The minimum Gasteiger partial charge on any atom is -0.496 e. The molecule has 0 saturated carbocycles. The molecule has 0 atom stereocenters. The van der Waals surface area contributed by atoms with Crippen LogP contribution in [0.2, 0.25) is 0 Å². The predicted molar refractivity (Wildman–Crippen MR) is 141 cm³/mol. The van der Waals surface area contributed by atoms with Gasteiger partial charge < -0.3 is 4.74 Å². The Morgan fingerprint density at radius 2 is 1.54 bits per heavy atom. The molecule has 1 N–H and O–H groups in total. The van der Waals surface area contributed by atoms with Gasteiger partial charge in [-0.15, -0.1) is 0 Å². The molecule has 0 aromatic heterocycles. The summed E-state index contributed by atoms with van der Waals surface area (Å²) in [6.45, 7) is 1.81. The van der Waals surface area contributed by atoms with E-state index in [-0.39, 0.29) is 17.2 Å². The molecule has 3 aromatic carbocycles. The third-order valence-corrected chi connectivity index (χ3v) is 6.56. The van der Waals surface area contributed by atoms with Crippen LogP contribution in [0, 0.1) is 6.92 Å². The molecule has 8 nitrogen and oxygen atoms in total. The highest BCUT2D eigenvalue weighted by Gasteiger charge is 2.36. The van der Waals surface area contributed by atoms with Crippen molar-refractivity contribution in [2.24, 2.45) is 0 Å². The van der Waals surface area contributed by atoms with Gasteiger partial charge in [-0.25, -0.2) is 0 Å². The topological polar surface area (TPSA) is 96.0 Å². The van der Waals surface area contributed by atoms with E-state index in [0.29, 0.717) is 33.7 Å². The highest BCUT2D eigenvalue weighted by molar-refractivity contribution is 7.80. The number of amides is 4.